The molecule has 0 aliphatic carbocycles. The molecule has 0 amide bonds. The van der Waals surface area contributed by atoms with Crippen molar-refractivity contribution in [3.05, 3.63) is 53.6 Å². The Morgan fingerprint density at radius 1 is 0.730 bits per heavy atom. The van der Waals surface area contributed by atoms with Gasteiger partial charge in [0.1, 0.15) is 60.0 Å². The third-order valence-electron chi connectivity index (χ3n) is 6.07. The van der Waals surface area contributed by atoms with Crippen molar-refractivity contribution in [2.75, 3.05) is 13.2 Å². The van der Waals surface area contributed by atoms with Crippen LogP contribution in [0.25, 0.3) is 12.2 Å². The summed E-state index contributed by atoms with van der Waals surface area (Å²) in [5.41, 5.74) is 1.33. The van der Waals surface area contributed by atoms with E-state index in [0.29, 0.717) is 5.56 Å². The summed E-state index contributed by atoms with van der Waals surface area (Å²) in [5.74, 6) is 0.0877. The van der Waals surface area contributed by atoms with Gasteiger partial charge in [-0.05, 0) is 35.4 Å². The van der Waals surface area contributed by atoms with E-state index in [9.17, 15) is 40.9 Å². The van der Waals surface area contributed by atoms with Crippen molar-refractivity contribution in [3.63, 3.8) is 0 Å². The predicted octanol–water partition coefficient (Wildman–Crippen LogP) is -1.09. The highest BCUT2D eigenvalue weighted by atomic mass is 16.7. The number of rotatable bonds is 7. The van der Waals surface area contributed by atoms with Gasteiger partial charge in [0.05, 0.1) is 13.2 Å². The number of aromatic hydroxyl groups is 2. The maximum absolute atomic E-state index is 10.4. The lowest BCUT2D eigenvalue weighted by atomic mass is 9.99. The molecule has 4 rings (SSSR count). The van der Waals surface area contributed by atoms with Gasteiger partial charge in [0.25, 0.3) is 0 Å². The first-order valence-corrected chi connectivity index (χ1v) is 11.6. The number of aliphatic hydroxyl groups is 6. The Balaban J connectivity index is 1.42. The van der Waals surface area contributed by atoms with Gasteiger partial charge in [-0.25, -0.2) is 0 Å². The second kappa shape index (κ2) is 11.7. The largest absolute Gasteiger partial charge is 0.508 e. The van der Waals surface area contributed by atoms with Crippen LogP contribution in [0.4, 0.5) is 0 Å². The molecule has 2 saturated heterocycles. The van der Waals surface area contributed by atoms with Gasteiger partial charge in [0.15, 0.2) is 6.29 Å². The fourth-order valence-electron chi connectivity index (χ4n) is 3.95. The number of ether oxygens (including phenoxy) is 4. The number of aliphatic hydroxyl groups excluding tert-OH is 6. The van der Waals surface area contributed by atoms with E-state index in [4.69, 9.17) is 18.9 Å². The average molecular weight is 523 g/mol. The molecule has 37 heavy (non-hydrogen) atoms. The molecule has 12 nitrogen and oxygen atoms in total. The number of phenolic OH excluding ortho intramolecular Hbond substituents is 2. The minimum absolute atomic E-state index is 0.0980. The fourth-order valence-corrected chi connectivity index (χ4v) is 3.95. The number of hydrogen-bond donors (Lipinski definition) is 8. The van der Waals surface area contributed by atoms with Crippen LogP contribution in [0.2, 0.25) is 0 Å². The number of benzene rings is 2. The maximum atomic E-state index is 10.4. The van der Waals surface area contributed by atoms with Crippen molar-refractivity contribution >= 4 is 12.2 Å². The molecular formula is C25H30O12. The SMILES string of the molecule is Oc1ccc(/C=C/c2cc(O)cc(O[C@@H]3O[C@H](CO[C@@H]4OC[C@H](O)[C@H](O)[C@H]4O)[C@@H](O)[C@H](O)[C@H]3O)c2)cc1. The Bertz CT molecular complexity index is 1060. The highest BCUT2D eigenvalue weighted by Crippen LogP contribution is 2.29. The minimum Gasteiger partial charge on any atom is -0.508 e. The molecule has 0 radical (unpaired) electrons. The van der Waals surface area contributed by atoms with Gasteiger partial charge < -0.3 is 59.8 Å². The summed E-state index contributed by atoms with van der Waals surface area (Å²) < 4.78 is 21.8. The monoisotopic (exact) mass is 522 g/mol. The highest BCUT2D eigenvalue weighted by molar-refractivity contribution is 5.71. The Hall–Kier alpha value is -2.78. The van der Waals surface area contributed by atoms with E-state index in [2.05, 4.69) is 0 Å². The van der Waals surface area contributed by atoms with Crippen molar-refractivity contribution in [1.82, 2.24) is 0 Å². The molecule has 2 aliphatic rings. The van der Waals surface area contributed by atoms with Crippen molar-refractivity contribution in [3.8, 4) is 17.2 Å². The molecular weight excluding hydrogens is 492 g/mol. The summed E-state index contributed by atoms with van der Waals surface area (Å²) >= 11 is 0. The van der Waals surface area contributed by atoms with Crippen LogP contribution in [-0.4, -0.2) is 109 Å². The summed E-state index contributed by atoms with van der Waals surface area (Å²) in [7, 11) is 0. The molecule has 12 heteroatoms. The van der Waals surface area contributed by atoms with Gasteiger partial charge in [-0.15, -0.1) is 0 Å². The predicted molar refractivity (Wildman–Crippen MR) is 126 cm³/mol. The van der Waals surface area contributed by atoms with Gasteiger partial charge in [0.2, 0.25) is 6.29 Å². The normalized spacial score (nSPS) is 34.5. The number of phenols is 2. The zero-order valence-electron chi connectivity index (χ0n) is 19.5. The molecule has 2 aliphatic heterocycles. The molecule has 8 N–H and O–H groups in total. The summed E-state index contributed by atoms with van der Waals surface area (Å²) in [5, 5.41) is 79.9. The molecule has 2 heterocycles. The molecule has 0 unspecified atom stereocenters. The Morgan fingerprint density at radius 3 is 2.14 bits per heavy atom. The second-order valence-electron chi connectivity index (χ2n) is 8.90. The maximum Gasteiger partial charge on any atom is 0.229 e. The van der Waals surface area contributed by atoms with Gasteiger partial charge >= 0.3 is 0 Å². The zero-order valence-corrected chi connectivity index (χ0v) is 19.5. The quantitative estimate of drug-likeness (QED) is 0.205. The third kappa shape index (κ3) is 6.57. The Morgan fingerprint density at radius 2 is 1.41 bits per heavy atom. The van der Waals surface area contributed by atoms with Crippen molar-refractivity contribution in [1.29, 1.82) is 0 Å². The van der Waals surface area contributed by atoms with Crippen LogP contribution in [0.5, 0.6) is 17.2 Å². The van der Waals surface area contributed by atoms with Gasteiger partial charge in [-0.3, -0.25) is 0 Å². The molecule has 9 atom stereocenters. The van der Waals surface area contributed by atoms with E-state index in [1.54, 1.807) is 30.4 Å². The van der Waals surface area contributed by atoms with E-state index in [0.717, 1.165) is 5.56 Å². The van der Waals surface area contributed by atoms with Gasteiger partial charge in [-0.1, -0.05) is 24.3 Å². The van der Waals surface area contributed by atoms with E-state index in [1.165, 1.54) is 24.3 Å². The molecule has 202 valence electrons. The smallest absolute Gasteiger partial charge is 0.229 e. The summed E-state index contributed by atoms with van der Waals surface area (Å²) in [4.78, 5) is 0. The Kier molecular flexibility index (Phi) is 8.64. The summed E-state index contributed by atoms with van der Waals surface area (Å²) in [6.45, 7) is -0.707. The van der Waals surface area contributed by atoms with Crippen LogP contribution in [0, 0.1) is 0 Å². The van der Waals surface area contributed by atoms with Gasteiger partial charge in [0, 0.05) is 6.07 Å². The van der Waals surface area contributed by atoms with Crippen molar-refractivity contribution in [2.45, 2.75) is 55.3 Å². The van der Waals surface area contributed by atoms with Crippen LogP contribution in [0.1, 0.15) is 11.1 Å². The first kappa shape index (κ1) is 27.3. The molecule has 0 bridgehead atoms. The van der Waals surface area contributed by atoms with E-state index in [1.807, 2.05) is 0 Å². The topological polar surface area (TPSA) is 199 Å². The lowest BCUT2D eigenvalue weighted by molar-refractivity contribution is -0.307. The van der Waals surface area contributed by atoms with Gasteiger partial charge in [-0.2, -0.15) is 0 Å². The molecule has 0 aromatic heterocycles. The first-order chi connectivity index (χ1) is 17.6. The molecule has 0 spiro atoms. The number of hydrogen-bond acceptors (Lipinski definition) is 12. The van der Waals surface area contributed by atoms with Crippen LogP contribution in [0.15, 0.2) is 42.5 Å². The van der Waals surface area contributed by atoms with Crippen LogP contribution >= 0.6 is 0 Å². The van der Waals surface area contributed by atoms with E-state index >= 15 is 0 Å². The lowest BCUT2D eigenvalue weighted by Crippen LogP contribution is -2.61. The molecule has 2 fully saturated rings. The van der Waals surface area contributed by atoms with Crippen LogP contribution in [-0.2, 0) is 14.2 Å². The average Bonchev–Trinajstić information content (AvgIpc) is 2.87. The third-order valence-corrected chi connectivity index (χ3v) is 6.07. The molecule has 2 aromatic rings. The second-order valence-corrected chi connectivity index (χ2v) is 8.90. The lowest BCUT2D eigenvalue weighted by Gasteiger charge is -2.41. The van der Waals surface area contributed by atoms with Crippen LogP contribution in [0.3, 0.4) is 0 Å². The highest BCUT2D eigenvalue weighted by Gasteiger charge is 2.46. The van der Waals surface area contributed by atoms with E-state index < -0.39 is 61.9 Å². The minimum atomic E-state index is -1.68. The molecule has 2 aromatic carbocycles. The van der Waals surface area contributed by atoms with E-state index in [-0.39, 0.29) is 23.9 Å². The summed E-state index contributed by atoms with van der Waals surface area (Å²) in [6, 6.07) is 10.8. The van der Waals surface area contributed by atoms with Crippen molar-refractivity contribution in [2.24, 2.45) is 0 Å². The zero-order chi connectivity index (χ0) is 26.7. The van der Waals surface area contributed by atoms with Crippen LogP contribution < -0.4 is 4.74 Å². The summed E-state index contributed by atoms with van der Waals surface area (Å²) in [6.07, 6.45) is -9.85. The fraction of sp³-hybridized carbons (Fsp3) is 0.440. The Labute approximate surface area is 211 Å². The first-order valence-electron chi connectivity index (χ1n) is 11.6. The standard InChI is InChI=1S/C25H30O12/c26-14-5-3-12(4-6-14)1-2-13-7-15(27)9-16(8-13)36-25-23(33)21(31)20(30)18(37-25)11-35-24-22(32)19(29)17(28)10-34-24/h1-9,17-33H,10-11H2/b2-1+/t17-,18+,19-,20+,21-,22+,23+,24-,25+/m0/s1. The van der Waals surface area contributed by atoms with Crippen molar-refractivity contribution < 1.29 is 59.8 Å². The molecule has 0 saturated carbocycles.